The van der Waals surface area contributed by atoms with Crippen LogP contribution in [0.25, 0.3) is 11.1 Å². The van der Waals surface area contributed by atoms with Crippen molar-refractivity contribution < 1.29 is 29.6 Å². The monoisotopic (exact) mass is 469 g/mol. The molecule has 0 spiro atoms. The van der Waals surface area contributed by atoms with Gasteiger partial charge in [0.25, 0.3) is 0 Å². The highest BCUT2D eigenvalue weighted by Crippen LogP contribution is 2.40. The van der Waals surface area contributed by atoms with E-state index in [1.54, 1.807) is 67.0 Å². The first-order chi connectivity index (χ1) is 16.8. The van der Waals surface area contributed by atoms with Crippen molar-refractivity contribution in [3.8, 4) is 22.6 Å². The van der Waals surface area contributed by atoms with Crippen LogP contribution in [0, 0.1) is 0 Å². The van der Waals surface area contributed by atoms with E-state index in [4.69, 9.17) is 4.74 Å². The number of rotatable bonds is 8. The van der Waals surface area contributed by atoms with Gasteiger partial charge >= 0.3 is 5.97 Å². The number of aliphatic hydroxyl groups is 1. The fourth-order valence-corrected chi connectivity index (χ4v) is 3.76. The van der Waals surface area contributed by atoms with Crippen LogP contribution in [0.3, 0.4) is 0 Å². The number of hydrogen-bond donors (Lipinski definition) is 3. The molecule has 0 aliphatic heterocycles. The number of ketones is 1. The molecule has 1 atom stereocenters. The van der Waals surface area contributed by atoms with E-state index in [0.29, 0.717) is 28.0 Å². The van der Waals surface area contributed by atoms with Gasteiger partial charge in [0.1, 0.15) is 24.2 Å². The number of carboxylic acid groups (broad SMARTS) is 1. The van der Waals surface area contributed by atoms with Crippen LogP contribution in [-0.4, -0.2) is 32.1 Å². The van der Waals surface area contributed by atoms with Gasteiger partial charge in [-0.3, -0.25) is 9.78 Å². The van der Waals surface area contributed by atoms with Crippen LogP contribution >= 0.6 is 0 Å². The second-order valence-electron chi connectivity index (χ2n) is 8.00. The number of aromatic carboxylic acids is 1. The van der Waals surface area contributed by atoms with Gasteiger partial charge in [0.2, 0.25) is 0 Å². The molecule has 176 valence electrons. The average Bonchev–Trinajstić information content (AvgIpc) is 2.87. The number of carbonyl (C=O) groups is 2. The maximum atomic E-state index is 11.9. The molecule has 0 radical (unpaired) electrons. The van der Waals surface area contributed by atoms with Gasteiger partial charge in [-0.2, -0.15) is 0 Å². The van der Waals surface area contributed by atoms with Crippen molar-refractivity contribution in [1.82, 2.24) is 4.98 Å². The number of Topliss-reactive ketones (excluding diaryl/α,β-unsaturated/α-hetero) is 1. The summed E-state index contributed by atoms with van der Waals surface area (Å²) in [6, 6.07) is 19.9. The number of pyridine rings is 1. The fraction of sp³-hybridized carbons (Fsp3) is 0.107. The molecule has 0 saturated heterocycles. The van der Waals surface area contributed by atoms with E-state index in [2.05, 4.69) is 4.98 Å². The van der Waals surface area contributed by atoms with E-state index >= 15 is 0 Å². The molecule has 4 rings (SSSR count). The number of nitrogens with zero attached hydrogens (tertiary/aromatic N) is 1. The van der Waals surface area contributed by atoms with Crippen molar-refractivity contribution in [3.05, 3.63) is 113 Å². The number of phenolic OH excluding ortho intramolecular Hbond substituents is 1. The molecule has 0 aliphatic carbocycles. The minimum absolute atomic E-state index is 0.107. The number of benzene rings is 3. The van der Waals surface area contributed by atoms with E-state index < -0.39 is 12.1 Å². The summed E-state index contributed by atoms with van der Waals surface area (Å²) in [6.45, 7) is 1.56. The minimum Gasteiger partial charge on any atom is -0.506 e. The van der Waals surface area contributed by atoms with Crippen LogP contribution in [0.5, 0.6) is 11.5 Å². The van der Waals surface area contributed by atoms with Crippen molar-refractivity contribution in [2.45, 2.75) is 19.6 Å². The van der Waals surface area contributed by atoms with Crippen LogP contribution in [0.2, 0.25) is 0 Å². The summed E-state index contributed by atoms with van der Waals surface area (Å²) < 4.78 is 5.99. The Morgan fingerprint density at radius 3 is 2.40 bits per heavy atom. The summed E-state index contributed by atoms with van der Waals surface area (Å²) in [5, 5.41) is 30.6. The summed E-state index contributed by atoms with van der Waals surface area (Å²) in [5.41, 5.74) is 3.21. The molecule has 1 unspecified atom stereocenters. The lowest BCUT2D eigenvalue weighted by molar-refractivity contribution is 0.0696. The first-order valence-electron chi connectivity index (χ1n) is 10.9. The number of aromatic nitrogens is 1. The molecule has 1 heterocycles. The molecule has 3 N–H and O–H groups in total. The summed E-state index contributed by atoms with van der Waals surface area (Å²) >= 11 is 0. The number of phenols is 1. The fourth-order valence-electron chi connectivity index (χ4n) is 3.76. The Kier molecular flexibility index (Phi) is 6.89. The van der Waals surface area contributed by atoms with Gasteiger partial charge in [0.15, 0.2) is 5.78 Å². The van der Waals surface area contributed by atoms with E-state index in [-0.39, 0.29) is 29.3 Å². The second kappa shape index (κ2) is 10.2. The van der Waals surface area contributed by atoms with Crippen LogP contribution in [0.15, 0.2) is 85.2 Å². The van der Waals surface area contributed by atoms with Gasteiger partial charge < -0.3 is 20.1 Å². The Morgan fingerprint density at radius 1 is 0.971 bits per heavy atom. The number of carbonyl (C=O) groups excluding carboxylic acids is 1. The molecule has 0 amide bonds. The largest absolute Gasteiger partial charge is 0.506 e. The maximum Gasteiger partial charge on any atom is 0.335 e. The molecule has 7 heteroatoms. The molecule has 7 nitrogen and oxygen atoms in total. The Balaban J connectivity index is 1.55. The summed E-state index contributed by atoms with van der Waals surface area (Å²) in [4.78, 5) is 27.2. The zero-order chi connectivity index (χ0) is 24.9. The SMILES string of the molecule is CC(=O)c1ccc(OCc2ccc(C(O)c3cccc(C(=O)O)c3)cc2)c(-c2cccnc2)c1O. The van der Waals surface area contributed by atoms with E-state index in [1.165, 1.54) is 25.1 Å². The Morgan fingerprint density at radius 2 is 1.74 bits per heavy atom. The smallest absolute Gasteiger partial charge is 0.335 e. The molecule has 35 heavy (non-hydrogen) atoms. The van der Waals surface area contributed by atoms with Crippen molar-refractivity contribution in [1.29, 1.82) is 0 Å². The Hall–Kier alpha value is -4.49. The lowest BCUT2D eigenvalue weighted by Crippen LogP contribution is -2.04. The molecule has 0 saturated carbocycles. The van der Waals surface area contributed by atoms with E-state index in [0.717, 1.165) is 5.56 Å². The normalized spacial score (nSPS) is 11.6. The lowest BCUT2D eigenvalue weighted by Gasteiger charge is -2.16. The third kappa shape index (κ3) is 5.20. The van der Waals surface area contributed by atoms with Gasteiger partial charge in [0, 0.05) is 18.0 Å². The third-order valence-electron chi connectivity index (χ3n) is 5.61. The molecule has 0 fully saturated rings. The number of aromatic hydroxyl groups is 1. The average molecular weight is 469 g/mol. The molecular formula is C28H23NO6. The van der Waals surface area contributed by atoms with Gasteiger partial charge in [-0.05, 0) is 53.9 Å². The van der Waals surface area contributed by atoms with Gasteiger partial charge in [0.05, 0.1) is 16.7 Å². The van der Waals surface area contributed by atoms with Crippen LogP contribution in [0.4, 0.5) is 0 Å². The topological polar surface area (TPSA) is 117 Å². The molecule has 3 aromatic carbocycles. The van der Waals surface area contributed by atoms with Crippen molar-refractivity contribution in [2.24, 2.45) is 0 Å². The Bertz CT molecular complexity index is 1370. The number of hydrogen-bond acceptors (Lipinski definition) is 6. The third-order valence-corrected chi connectivity index (χ3v) is 5.61. The van der Waals surface area contributed by atoms with Crippen LogP contribution < -0.4 is 4.74 Å². The molecule has 0 bridgehead atoms. The molecule has 0 aliphatic rings. The number of carboxylic acids is 1. The van der Waals surface area contributed by atoms with Crippen molar-refractivity contribution >= 4 is 11.8 Å². The molecule has 4 aromatic rings. The highest BCUT2D eigenvalue weighted by Gasteiger charge is 2.19. The van der Waals surface area contributed by atoms with Gasteiger partial charge in [-0.1, -0.05) is 42.5 Å². The van der Waals surface area contributed by atoms with Gasteiger partial charge in [-0.25, -0.2) is 4.79 Å². The minimum atomic E-state index is -1.06. The van der Waals surface area contributed by atoms with Crippen molar-refractivity contribution in [2.75, 3.05) is 0 Å². The maximum absolute atomic E-state index is 11.9. The molecular weight excluding hydrogens is 446 g/mol. The summed E-state index contributed by atoms with van der Waals surface area (Å²) in [7, 11) is 0. The standard InChI is InChI=1S/C28H23NO6/c1-17(30)23-11-12-24(25(27(23)32)22-6-3-13-29-15-22)35-16-18-7-9-19(10-8-18)26(31)20-4-2-5-21(14-20)28(33)34/h2-15,26,31-32H,16H2,1H3,(H,33,34). The predicted octanol–water partition coefficient (Wildman–Crippen LogP) is 5.02. The number of aliphatic hydroxyl groups excluding tert-OH is 1. The summed E-state index contributed by atoms with van der Waals surface area (Å²) in [6.07, 6.45) is 2.23. The second-order valence-corrected chi connectivity index (χ2v) is 8.00. The highest BCUT2D eigenvalue weighted by atomic mass is 16.5. The number of ether oxygens (including phenoxy) is 1. The van der Waals surface area contributed by atoms with Crippen LogP contribution in [-0.2, 0) is 6.61 Å². The zero-order valence-corrected chi connectivity index (χ0v) is 18.9. The summed E-state index contributed by atoms with van der Waals surface area (Å²) in [5.74, 6) is -1.08. The van der Waals surface area contributed by atoms with E-state index in [1.807, 2.05) is 0 Å². The Labute approximate surface area is 201 Å². The quantitative estimate of drug-likeness (QED) is 0.310. The lowest BCUT2D eigenvalue weighted by atomic mass is 9.98. The molecule has 1 aromatic heterocycles. The van der Waals surface area contributed by atoms with Crippen molar-refractivity contribution in [3.63, 3.8) is 0 Å². The predicted molar refractivity (Wildman–Crippen MR) is 130 cm³/mol. The van der Waals surface area contributed by atoms with E-state index in [9.17, 15) is 24.9 Å². The highest BCUT2D eigenvalue weighted by molar-refractivity contribution is 6.00. The first-order valence-corrected chi connectivity index (χ1v) is 10.9. The zero-order valence-electron chi connectivity index (χ0n) is 18.9. The van der Waals surface area contributed by atoms with Crippen LogP contribution in [0.1, 0.15) is 50.4 Å². The first kappa shape index (κ1) is 23.7. The van der Waals surface area contributed by atoms with Gasteiger partial charge in [-0.15, -0.1) is 0 Å².